The van der Waals surface area contributed by atoms with Crippen molar-refractivity contribution in [1.82, 2.24) is 4.98 Å². The smallest absolute Gasteiger partial charge is 0.0648 e. The van der Waals surface area contributed by atoms with Crippen LogP contribution in [0.5, 0.6) is 0 Å². The summed E-state index contributed by atoms with van der Waals surface area (Å²) >= 11 is 5.83. The summed E-state index contributed by atoms with van der Waals surface area (Å²) in [5, 5.41) is 0. The van der Waals surface area contributed by atoms with E-state index < -0.39 is 0 Å². The molecule has 2 aromatic rings. The lowest BCUT2D eigenvalue weighted by molar-refractivity contribution is 1.01. The summed E-state index contributed by atoms with van der Waals surface area (Å²) in [6.07, 6.45) is 1.81. The Morgan fingerprint density at radius 2 is 1.83 bits per heavy atom. The Balaban J connectivity index is 2.35. The molecule has 2 nitrogen and oxygen atoms in total. The second-order valence-electron chi connectivity index (χ2n) is 4.22. The fraction of sp³-hybridized carbons (Fsp3) is 0.267. The summed E-state index contributed by atoms with van der Waals surface area (Å²) in [5.74, 6) is 0.444. The molecular weight excluding hydrogens is 244 g/mol. The van der Waals surface area contributed by atoms with Crippen LogP contribution in [0.2, 0.25) is 0 Å². The highest BCUT2D eigenvalue weighted by atomic mass is 35.5. The number of benzene rings is 1. The molecule has 3 heteroatoms. The Hall–Kier alpha value is -1.54. The van der Waals surface area contributed by atoms with Crippen LogP contribution < -0.4 is 4.90 Å². The number of alkyl halides is 1. The number of aryl methyl sites for hydroxylation is 1. The lowest BCUT2D eigenvalue weighted by Crippen LogP contribution is -2.16. The molecule has 0 aliphatic heterocycles. The van der Waals surface area contributed by atoms with E-state index in [1.54, 1.807) is 0 Å². The molecule has 2 rings (SSSR count). The molecule has 0 amide bonds. The minimum absolute atomic E-state index is 0.444. The van der Waals surface area contributed by atoms with Gasteiger partial charge in [0.2, 0.25) is 0 Å². The topological polar surface area (TPSA) is 16.1 Å². The summed E-state index contributed by atoms with van der Waals surface area (Å²) in [6, 6.07) is 12.6. The molecule has 0 atom stereocenters. The van der Waals surface area contributed by atoms with Crippen molar-refractivity contribution in [2.45, 2.75) is 19.7 Å². The Labute approximate surface area is 113 Å². The molecule has 0 radical (unpaired) electrons. The van der Waals surface area contributed by atoms with Gasteiger partial charge in [0.05, 0.1) is 11.6 Å². The molecule has 18 heavy (non-hydrogen) atoms. The third kappa shape index (κ3) is 2.82. The fourth-order valence-corrected chi connectivity index (χ4v) is 2.09. The predicted octanol–water partition coefficient (Wildman–Crippen LogP) is 4.29. The van der Waals surface area contributed by atoms with E-state index in [1.807, 2.05) is 18.3 Å². The van der Waals surface area contributed by atoms with Crippen molar-refractivity contribution in [2.24, 2.45) is 0 Å². The molecule has 0 saturated heterocycles. The van der Waals surface area contributed by atoms with Crippen molar-refractivity contribution in [3.05, 3.63) is 53.9 Å². The fourth-order valence-electron chi connectivity index (χ4n) is 1.95. The van der Waals surface area contributed by atoms with Crippen LogP contribution in [0, 0.1) is 6.92 Å². The highest BCUT2D eigenvalue weighted by Crippen LogP contribution is 2.25. The molecule has 0 spiro atoms. The molecule has 0 bridgehead atoms. The number of rotatable bonds is 4. The van der Waals surface area contributed by atoms with Gasteiger partial charge in [-0.1, -0.05) is 17.7 Å². The third-order valence-corrected chi connectivity index (χ3v) is 3.18. The summed E-state index contributed by atoms with van der Waals surface area (Å²) in [4.78, 5) is 6.47. The molecule has 1 heterocycles. The number of hydrogen-bond acceptors (Lipinski definition) is 2. The van der Waals surface area contributed by atoms with Crippen LogP contribution in [0.15, 0.2) is 42.6 Å². The van der Waals surface area contributed by atoms with E-state index in [4.69, 9.17) is 11.6 Å². The van der Waals surface area contributed by atoms with Crippen molar-refractivity contribution in [2.75, 3.05) is 11.4 Å². The molecule has 0 unspecified atom stereocenters. The van der Waals surface area contributed by atoms with Crippen LogP contribution in [0.1, 0.15) is 18.2 Å². The van der Waals surface area contributed by atoms with Gasteiger partial charge in [-0.25, -0.2) is 0 Å². The molecule has 0 fully saturated rings. The van der Waals surface area contributed by atoms with Gasteiger partial charge < -0.3 is 4.90 Å². The van der Waals surface area contributed by atoms with Gasteiger partial charge in [0.25, 0.3) is 0 Å². The molecule has 1 aromatic carbocycles. The molecule has 0 N–H and O–H groups in total. The number of pyridine rings is 1. The summed E-state index contributed by atoms with van der Waals surface area (Å²) < 4.78 is 0. The van der Waals surface area contributed by atoms with Gasteiger partial charge in [-0.2, -0.15) is 0 Å². The zero-order valence-corrected chi connectivity index (χ0v) is 11.5. The highest BCUT2D eigenvalue weighted by Gasteiger charge is 2.07. The monoisotopic (exact) mass is 260 g/mol. The number of hydrogen-bond donors (Lipinski definition) is 0. The van der Waals surface area contributed by atoms with Crippen LogP contribution in [-0.4, -0.2) is 11.5 Å². The molecule has 1 aromatic heterocycles. The Bertz CT molecular complexity index is 508. The average Bonchev–Trinajstić information content (AvgIpc) is 2.42. The maximum atomic E-state index is 5.83. The van der Waals surface area contributed by atoms with Crippen molar-refractivity contribution >= 4 is 23.0 Å². The Morgan fingerprint density at radius 1 is 1.11 bits per heavy atom. The minimum atomic E-state index is 0.444. The highest BCUT2D eigenvalue weighted by molar-refractivity contribution is 6.16. The van der Waals surface area contributed by atoms with E-state index in [0.717, 1.165) is 17.9 Å². The van der Waals surface area contributed by atoms with Crippen molar-refractivity contribution < 1.29 is 0 Å². The second-order valence-corrected chi connectivity index (χ2v) is 4.49. The van der Waals surface area contributed by atoms with E-state index in [0.29, 0.717) is 5.88 Å². The summed E-state index contributed by atoms with van der Waals surface area (Å²) in [5.41, 5.74) is 4.49. The van der Waals surface area contributed by atoms with Gasteiger partial charge in [0.15, 0.2) is 0 Å². The largest absolute Gasteiger partial charge is 0.342 e. The minimum Gasteiger partial charge on any atom is -0.342 e. The molecule has 0 saturated carbocycles. The van der Waals surface area contributed by atoms with Crippen molar-refractivity contribution in [1.29, 1.82) is 0 Å². The average molecular weight is 261 g/mol. The first-order valence-electron chi connectivity index (χ1n) is 6.09. The quantitative estimate of drug-likeness (QED) is 0.763. The molecular formula is C15H17ClN2. The van der Waals surface area contributed by atoms with Crippen molar-refractivity contribution in [3.8, 4) is 0 Å². The van der Waals surface area contributed by atoms with Gasteiger partial charge in [-0.05, 0) is 38.1 Å². The first-order valence-corrected chi connectivity index (χ1v) is 6.63. The van der Waals surface area contributed by atoms with Crippen LogP contribution >= 0.6 is 11.6 Å². The van der Waals surface area contributed by atoms with E-state index in [9.17, 15) is 0 Å². The van der Waals surface area contributed by atoms with E-state index in [1.165, 1.54) is 11.3 Å². The Kier molecular flexibility index (Phi) is 4.21. The van der Waals surface area contributed by atoms with Gasteiger partial charge >= 0.3 is 0 Å². The van der Waals surface area contributed by atoms with Crippen LogP contribution in [-0.2, 0) is 5.88 Å². The third-order valence-electron chi connectivity index (χ3n) is 2.91. The molecule has 0 aliphatic rings. The van der Waals surface area contributed by atoms with E-state index >= 15 is 0 Å². The van der Waals surface area contributed by atoms with E-state index in [-0.39, 0.29) is 0 Å². The van der Waals surface area contributed by atoms with Crippen LogP contribution in [0.25, 0.3) is 0 Å². The molecule has 0 aliphatic carbocycles. The van der Waals surface area contributed by atoms with Gasteiger partial charge in [-0.3, -0.25) is 4.98 Å². The van der Waals surface area contributed by atoms with Gasteiger partial charge in [0.1, 0.15) is 0 Å². The van der Waals surface area contributed by atoms with Gasteiger partial charge in [-0.15, -0.1) is 11.6 Å². The lowest BCUT2D eigenvalue weighted by Gasteiger charge is -2.23. The Morgan fingerprint density at radius 3 is 2.44 bits per heavy atom. The standard InChI is InChI=1S/C15H17ClN2/c1-3-18(14-6-4-12(2)5-7-14)15-8-9-17-13(10-15)11-16/h4-10H,3,11H2,1-2H3. The molecule has 94 valence electrons. The normalized spacial score (nSPS) is 10.4. The lowest BCUT2D eigenvalue weighted by atomic mass is 10.2. The second kappa shape index (κ2) is 5.87. The number of anilines is 2. The number of aromatic nitrogens is 1. The van der Waals surface area contributed by atoms with Crippen LogP contribution in [0.3, 0.4) is 0 Å². The van der Waals surface area contributed by atoms with E-state index in [2.05, 4.69) is 48.0 Å². The first-order chi connectivity index (χ1) is 8.74. The van der Waals surface area contributed by atoms with Crippen molar-refractivity contribution in [3.63, 3.8) is 0 Å². The maximum absolute atomic E-state index is 5.83. The number of halogens is 1. The summed E-state index contributed by atoms with van der Waals surface area (Å²) in [7, 11) is 0. The zero-order chi connectivity index (χ0) is 13.0. The number of nitrogens with zero attached hydrogens (tertiary/aromatic N) is 2. The predicted molar refractivity (Wildman–Crippen MR) is 77.7 cm³/mol. The van der Waals surface area contributed by atoms with Crippen LogP contribution in [0.4, 0.5) is 11.4 Å². The zero-order valence-electron chi connectivity index (χ0n) is 10.7. The first kappa shape index (κ1) is 12.9. The van der Waals surface area contributed by atoms with Gasteiger partial charge in [0, 0.05) is 24.1 Å². The maximum Gasteiger partial charge on any atom is 0.0648 e. The summed E-state index contributed by atoms with van der Waals surface area (Å²) in [6.45, 7) is 5.15. The SMILES string of the molecule is CCN(c1ccc(C)cc1)c1ccnc(CCl)c1.